The van der Waals surface area contributed by atoms with E-state index in [1.165, 1.54) is 7.11 Å². The van der Waals surface area contributed by atoms with Crippen molar-refractivity contribution in [3.05, 3.63) is 6.07 Å². The van der Waals surface area contributed by atoms with Gasteiger partial charge in [0, 0.05) is 12.1 Å². The van der Waals surface area contributed by atoms with Crippen LogP contribution in [0, 0.1) is 0 Å². The number of nitrogens with two attached hydrogens (primary N) is 1. The van der Waals surface area contributed by atoms with E-state index in [4.69, 9.17) is 15.2 Å². The minimum atomic E-state index is -0.313. The standard InChI is InChI=1S/C12H20N4O3/c1-5-19-11(17)7-16(8(2)3)9-6-10(18-4)15-12(13)14-9/h6,8H,5,7H2,1-4H3,(H2,13,14,15). The molecule has 0 bridgehead atoms. The lowest BCUT2D eigenvalue weighted by Gasteiger charge is -2.26. The van der Waals surface area contributed by atoms with Gasteiger partial charge in [0.05, 0.1) is 13.7 Å². The molecule has 7 heteroatoms. The molecule has 0 aromatic carbocycles. The second-order valence-corrected chi connectivity index (χ2v) is 4.15. The van der Waals surface area contributed by atoms with E-state index >= 15 is 0 Å². The Hall–Kier alpha value is -2.05. The zero-order valence-electron chi connectivity index (χ0n) is 11.7. The molecule has 1 heterocycles. The Labute approximate surface area is 112 Å². The Bertz CT molecular complexity index is 437. The lowest BCUT2D eigenvalue weighted by atomic mass is 10.3. The molecule has 0 unspecified atom stereocenters. The lowest BCUT2D eigenvalue weighted by molar-refractivity contribution is -0.141. The minimum absolute atomic E-state index is 0.0587. The molecule has 0 aliphatic rings. The van der Waals surface area contributed by atoms with Crippen molar-refractivity contribution < 1.29 is 14.3 Å². The van der Waals surface area contributed by atoms with Crippen molar-refractivity contribution in [3.63, 3.8) is 0 Å². The monoisotopic (exact) mass is 268 g/mol. The molecule has 0 saturated carbocycles. The van der Waals surface area contributed by atoms with E-state index < -0.39 is 0 Å². The van der Waals surface area contributed by atoms with E-state index in [0.717, 1.165) is 0 Å². The third kappa shape index (κ3) is 4.27. The summed E-state index contributed by atoms with van der Waals surface area (Å²) in [6.07, 6.45) is 0. The first-order valence-corrected chi connectivity index (χ1v) is 6.08. The summed E-state index contributed by atoms with van der Waals surface area (Å²) < 4.78 is 9.99. The maximum atomic E-state index is 11.6. The van der Waals surface area contributed by atoms with E-state index in [1.807, 2.05) is 13.8 Å². The molecule has 0 fully saturated rings. The molecular weight excluding hydrogens is 248 g/mol. The summed E-state index contributed by atoms with van der Waals surface area (Å²) in [4.78, 5) is 21.4. The van der Waals surface area contributed by atoms with Gasteiger partial charge in [-0.05, 0) is 20.8 Å². The summed E-state index contributed by atoms with van der Waals surface area (Å²) in [5.74, 6) is 0.681. The van der Waals surface area contributed by atoms with Crippen LogP contribution in [0.3, 0.4) is 0 Å². The van der Waals surface area contributed by atoms with Gasteiger partial charge in [-0.2, -0.15) is 9.97 Å². The molecule has 0 radical (unpaired) electrons. The molecule has 0 amide bonds. The minimum Gasteiger partial charge on any atom is -0.481 e. The fourth-order valence-electron chi connectivity index (χ4n) is 1.56. The predicted octanol–water partition coefficient (Wildman–Crippen LogP) is 0.845. The Morgan fingerprint density at radius 1 is 1.47 bits per heavy atom. The average Bonchev–Trinajstić information content (AvgIpc) is 2.35. The molecule has 0 atom stereocenters. The van der Waals surface area contributed by atoms with Crippen molar-refractivity contribution in [2.45, 2.75) is 26.8 Å². The van der Waals surface area contributed by atoms with Crippen LogP contribution in [-0.4, -0.2) is 42.2 Å². The number of anilines is 2. The first-order chi connectivity index (χ1) is 8.97. The van der Waals surface area contributed by atoms with E-state index in [-0.39, 0.29) is 24.5 Å². The molecule has 0 spiro atoms. The highest BCUT2D eigenvalue weighted by molar-refractivity contribution is 5.75. The van der Waals surface area contributed by atoms with Crippen molar-refractivity contribution in [2.75, 3.05) is 30.9 Å². The van der Waals surface area contributed by atoms with Crippen molar-refractivity contribution in [1.82, 2.24) is 9.97 Å². The van der Waals surface area contributed by atoms with Gasteiger partial charge in [-0.15, -0.1) is 0 Å². The highest BCUT2D eigenvalue weighted by atomic mass is 16.5. The molecule has 106 valence electrons. The van der Waals surface area contributed by atoms with Gasteiger partial charge >= 0.3 is 5.97 Å². The highest BCUT2D eigenvalue weighted by Gasteiger charge is 2.18. The second kappa shape index (κ2) is 6.77. The number of hydrogen-bond acceptors (Lipinski definition) is 7. The van der Waals surface area contributed by atoms with Crippen LogP contribution in [0.15, 0.2) is 6.07 Å². The van der Waals surface area contributed by atoms with Crippen molar-refractivity contribution in [3.8, 4) is 5.88 Å². The van der Waals surface area contributed by atoms with Gasteiger partial charge in [0.15, 0.2) is 0 Å². The molecule has 0 aliphatic heterocycles. The summed E-state index contributed by atoms with van der Waals surface area (Å²) in [6.45, 7) is 6.11. The van der Waals surface area contributed by atoms with E-state index in [9.17, 15) is 4.79 Å². The molecule has 1 aromatic heterocycles. The summed E-state index contributed by atoms with van der Waals surface area (Å²) in [5.41, 5.74) is 5.62. The molecular formula is C12H20N4O3. The third-order valence-corrected chi connectivity index (χ3v) is 2.44. The van der Waals surface area contributed by atoms with E-state index in [1.54, 1.807) is 17.9 Å². The Balaban J connectivity index is 2.98. The molecule has 1 rings (SSSR count). The number of hydrogen-bond donors (Lipinski definition) is 1. The molecule has 2 N–H and O–H groups in total. The molecule has 19 heavy (non-hydrogen) atoms. The Morgan fingerprint density at radius 3 is 2.68 bits per heavy atom. The maximum Gasteiger partial charge on any atom is 0.325 e. The molecule has 1 aromatic rings. The fourth-order valence-corrected chi connectivity index (χ4v) is 1.56. The number of methoxy groups -OCH3 is 1. The summed E-state index contributed by atoms with van der Waals surface area (Å²) in [5, 5.41) is 0. The zero-order chi connectivity index (χ0) is 14.4. The van der Waals surface area contributed by atoms with Gasteiger partial charge in [-0.3, -0.25) is 4.79 Å². The number of carbonyl (C=O) groups is 1. The molecule has 7 nitrogen and oxygen atoms in total. The summed E-state index contributed by atoms with van der Waals surface area (Å²) in [6, 6.07) is 1.69. The highest BCUT2D eigenvalue weighted by Crippen LogP contribution is 2.20. The van der Waals surface area contributed by atoms with Gasteiger partial charge in [0.25, 0.3) is 0 Å². The summed E-state index contributed by atoms with van der Waals surface area (Å²) >= 11 is 0. The molecule has 0 aliphatic carbocycles. The number of esters is 1. The van der Waals surface area contributed by atoms with Crippen LogP contribution in [0.4, 0.5) is 11.8 Å². The SMILES string of the molecule is CCOC(=O)CN(c1cc(OC)nc(N)n1)C(C)C. The Kier molecular flexibility index (Phi) is 5.35. The molecule has 0 saturated heterocycles. The maximum absolute atomic E-state index is 11.6. The zero-order valence-corrected chi connectivity index (χ0v) is 11.7. The van der Waals surface area contributed by atoms with Gasteiger partial charge < -0.3 is 20.1 Å². The Morgan fingerprint density at radius 2 is 2.16 bits per heavy atom. The first-order valence-electron chi connectivity index (χ1n) is 6.08. The van der Waals surface area contributed by atoms with Gasteiger partial charge in [0.1, 0.15) is 12.4 Å². The van der Waals surface area contributed by atoms with Crippen LogP contribution in [-0.2, 0) is 9.53 Å². The van der Waals surface area contributed by atoms with E-state index in [0.29, 0.717) is 18.3 Å². The van der Waals surface area contributed by atoms with Crippen molar-refractivity contribution >= 4 is 17.7 Å². The smallest absolute Gasteiger partial charge is 0.325 e. The second-order valence-electron chi connectivity index (χ2n) is 4.15. The van der Waals surface area contributed by atoms with Crippen LogP contribution < -0.4 is 15.4 Å². The van der Waals surface area contributed by atoms with Crippen LogP contribution in [0.2, 0.25) is 0 Å². The lowest BCUT2D eigenvalue weighted by Crippen LogP contribution is -2.37. The summed E-state index contributed by atoms with van der Waals surface area (Å²) in [7, 11) is 1.50. The third-order valence-electron chi connectivity index (χ3n) is 2.44. The number of rotatable bonds is 6. The van der Waals surface area contributed by atoms with Crippen molar-refractivity contribution in [1.29, 1.82) is 0 Å². The predicted molar refractivity (Wildman–Crippen MR) is 72.1 cm³/mol. The van der Waals surface area contributed by atoms with Crippen LogP contribution in [0.1, 0.15) is 20.8 Å². The number of aromatic nitrogens is 2. The fraction of sp³-hybridized carbons (Fsp3) is 0.583. The topological polar surface area (TPSA) is 90.6 Å². The number of ether oxygens (including phenoxy) is 2. The van der Waals surface area contributed by atoms with Crippen LogP contribution in [0.5, 0.6) is 5.88 Å². The number of carbonyl (C=O) groups excluding carboxylic acids is 1. The van der Waals surface area contributed by atoms with Crippen LogP contribution in [0.25, 0.3) is 0 Å². The average molecular weight is 268 g/mol. The number of nitrogens with zero attached hydrogens (tertiary/aromatic N) is 3. The van der Waals surface area contributed by atoms with Crippen molar-refractivity contribution in [2.24, 2.45) is 0 Å². The normalized spacial score (nSPS) is 10.4. The van der Waals surface area contributed by atoms with Gasteiger partial charge in [-0.1, -0.05) is 0 Å². The largest absolute Gasteiger partial charge is 0.481 e. The first kappa shape index (κ1) is 15.0. The number of nitrogen functional groups attached to an aromatic ring is 1. The quantitative estimate of drug-likeness (QED) is 0.764. The van der Waals surface area contributed by atoms with E-state index in [2.05, 4.69) is 9.97 Å². The van der Waals surface area contributed by atoms with Crippen LogP contribution >= 0.6 is 0 Å². The van der Waals surface area contributed by atoms with Gasteiger partial charge in [-0.25, -0.2) is 0 Å². The van der Waals surface area contributed by atoms with Gasteiger partial charge in [0.2, 0.25) is 11.8 Å².